The Bertz CT molecular complexity index is 293. The summed E-state index contributed by atoms with van der Waals surface area (Å²) in [6, 6.07) is 6.47. The van der Waals surface area contributed by atoms with Crippen molar-refractivity contribution >= 4 is 5.69 Å². The van der Waals surface area contributed by atoms with Crippen molar-refractivity contribution < 1.29 is 4.92 Å². The van der Waals surface area contributed by atoms with Gasteiger partial charge in [0.1, 0.15) is 0 Å². The van der Waals surface area contributed by atoms with Gasteiger partial charge in [-0.05, 0) is 12.6 Å². The summed E-state index contributed by atoms with van der Waals surface area (Å²) in [7, 11) is 5.54. The van der Waals surface area contributed by atoms with Gasteiger partial charge in [0.2, 0.25) is 0 Å². The van der Waals surface area contributed by atoms with Gasteiger partial charge in [-0.3, -0.25) is 10.1 Å². The quantitative estimate of drug-likeness (QED) is 0.525. The lowest BCUT2D eigenvalue weighted by molar-refractivity contribution is -0.384. The molecule has 4 nitrogen and oxygen atoms in total. The number of nitro groups is 1. The molecular formula is C9H11N2O2. The van der Waals surface area contributed by atoms with E-state index in [0.29, 0.717) is 6.54 Å². The minimum Gasteiger partial charge on any atom is -0.301 e. The minimum absolute atomic E-state index is 0.121. The second kappa shape index (κ2) is 4.00. The second-order valence-corrected chi connectivity index (χ2v) is 2.94. The van der Waals surface area contributed by atoms with Crippen LogP contribution in [0.15, 0.2) is 24.3 Å². The standard InChI is InChI=1S/C9H11N2O2/c1-10(2)7-8-3-5-9(6-4-8)11(12)13/h3-6H,1,7H2,2H3. The van der Waals surface area contributed by atoms with Crippen LogP contribution in [0.25, 0.3) is 0 Å². The van der Waals surface area contributed by atoms with Crippen molar-refractivity contribution in [3.63, 3.8) is 0 Å². The fourth-order valence-electron chi connectivity index (χ4n) is 1.03. The summed E-state index contributed by atoms with van der Waals surface area (Å²) in [5.41, 5.74) is 1.14. The Morgan fingerprint density at radius 2 is 2.00 bits per heavy atom. The van der Waals surface area contributed by atoms with Crippen LogP contribution < -0.4 is 0 Å². The van der Waals surface area contributed by atoms with E-state index in [4.69, 9.17) is 0 Å². The molecule has 0 fully saturated rings. The van der Waals surface area contributed by atoms with E-state index in [2.05, 4.69) is 7.05 Å². The lowest BCUT2D eigenvalue weighted by Crippen LogP contribution is -2.07. The fourth-order valence-corrected chi connectivity index (χ4v) is 1.03. The van der Waals surface area contributed by atoms with Crippen molar-refractivity contribution in [1.82, 2.24) is 4.90 Å². The molecule has 1 radical (unpaired) electrons. The van der Waals surface area contributed by atoms with Crippen LogP contribution in [0.3, 0.4) is 0 Å². The van der Waals surface area contributed by atoms with E-state index >= 15 is 0 Å². The van der Waals surface area contributed by atoms with Crippen LogP contribution in [-0.4, -0.2) is 16.9 Å². The molecular weight excluding hydrogens is 168 g/mol. The molecule has 0 amide bonds. The van der Waals surface area contributed by atoms with Crippen molar-refractivity contribution in [2.45, 2.75) is 6.54 Å². The smallest absolute Gasteiger partial charge is 0.269 e. The first kappa shape index (κ1) is 9.67. The topological polar surface area (TPSA) is 46.4 Å². The minimum atomic E-state index is -0.405. The van der Waals surface area contributed by atoms with E-state index in [-0.39, 0.29) is 5.69 Å². The molecule has 0 aliphatic heterocycles. The van der Waals surface area contributed by atoms with Crippen molar-refractivity contribution in [1.29, 1.82) is 0 Å². The molecule has 69 valence electrons. The molecule has 0 bridgehead atoms. The number of nitro benzene ring substituents is 1. The summed E-state index contributed by atoms with van der Waals surface area (Å²) < 4.78 is 0. The third-order valence-corrected chi connectivity index (χ3v) is 1.60. The summed E-state index contributed by atoms with van der Waals surface area (Å²) in [4.78, 5) is 11.7. The summed E-state index contributed by atoms with van der Waals surface area (Å²) in [5, 5.41) is 10.3. The average Bonchev–Trinajstić information content (AvgIpc) is 2.04. The van der Waals surface area contributed by atoms with Gasteiger partial charge in [0.05, 0.1) is 4.92 Å². The highest BCUT2D eigenvalue weighted by Crippen LogP contribution is 2.12. The molecule has 0 atom stereocenters. The van der Waals surface area contributed by atoms with Gasteiger partial charge in [-0.2, -0.15) is 0 Å². The van der Waals surface area contributed by atoms with Gasteiger partial charge in [0, 0.05) is 25.7 Å². The monoisotopic (exact) mass is 179 g/mol. The predicted octanol–water partition coefficient (Wildman–Crippen LogP) is 1.82. The van der Waals surface area contributed by atoms with E-state index < -0.39 is 4.92 Å². The Morgan fingerprint density at radius 3 is 2.38 bits per heavy atom. The zero-order chi connectivity index (χ0) is 9.84. The number of non-ortho nitro benzene ring substituents is 1. The van der Waals surface area contributed by atoms with Crippen molar-refractivity contribution in [2.24, 2.45) is 0 Å². The Balaban J connectivity index is 2.75. The summed E-state index contributed by atoms with van der Waals surface area (Å²) in [6.45, 7) is 0.692. The summed E-state index contributed by atoms with van der Waals surface area (Å²) in [6.07, 6.45) is 0. The maximum Gasteiger partial charge on any atom is 0.269 e. The Kier molecular flexibility index (Phi) is 2.97. The van der Waals surface area contributed by atoms with Crippen molar-refractivity contribution in [3.05, 3.63) is 47.0 Å². The average molecular weight is 179 g/mol. The van der Waals surface area contributed by atoms with Gasteiger partial charge in [-0.15, -0.1) is 0 Å². The maximum absolute atomic E-state index is 10.3. The molecule has 0 saturated carbocycles. The molecule has 0 aromatic heterocycles. The van der Waals surface area contributed by atoms with Crippen molar-refractivity contribution in [3.8, 4) is 0 Å². The number of nitrogens with zero attached hydrogens (tertiary/aromatic N) is 2. The third-order valence-electron chi connectivity index (χ3n) is 1.60. The normalized spacial score (nSPS) is 10.4. The predicted molar refractivity (Wildman–Crippen MR) is 49.9 cm³/mol. The lowest BCUT2D eigenvalue weighted by Gasteiger charge is -2.08. The fraction of sp³-hybridized carbons (Fsp3) is 0.222. The maximum atomic E-state index is 10.3. The lowest BCUT2D eigenvalue weighted by atomic mass is 10.2. The Labute approximate surface area is 76.9 Å². The molecule has 0 N–H and O–H groups in total. The molecule has 0 aliphatic carbocycles. The Hall–Kier alpha value is -1.42. The first-order valence-corrected chi connectivity index (χ1v) is 3.84. The number of benzene rings is 1. The van der Waals surface area contributed by atoms with E-state index in [9.17, 15) is 10.1 Å². The van der Waals surface area contributed by atoms with Crippen molar-refractivity contribution in [2.75, 3.05) is 7.05 Å². The van der Waals surface area contributed by atoms with Crippen LogP contribution in [0.4, 0.5) is 5.69 Å². The molecule has 0 saturated heterocycles. The first-order valence-electron chi connectivity index (χ1n) is 3.84. The highest BCUT2D eigenvalue weighted by Gasteiger charge is 2.03. The molecule has 1 rings (SSSR count). The summed E-state index contributed by atoms with van der Waals surface area (Å²) in [5.74, 6) is 0. The van der Waals surface area contributed by atoms with Gasteiger partial charge < -0.3 is 4.90 Å². The van der Waals surface area contributed by atoms with E-state index in [0.717, 1.165) is 5.56 Å². The summed E-state index contributed by atoms with van der Waals surface area (Å²) >= 11 is 0. The number of hydrogen-bond donors (Lipinski definition) is 0. The zero-order valence-corrected chi connectivity index (χ0v) is 7.43. The molecule has 13 heavy (non-hydrogen) atoms. The molecule has 1 aromatic carbocycles. The number of rotatable bonds is 3. The number of hydrogen-bond acceptors (Lipinski definition) is 3. The molecule has 1 aromatic rings. The van der Waals surface area contributed by atoms with Crippen LogP contribution >= 0.6 is 0 Å². The van der Waals surface area contributed by atoms with Gasteiger partial charge in [0.15, 0.2) is 0 Å². The second-order valence-electron chi connectivity index (χ2n) is 2.94. The highest BCUT2D eigenvalue weighted by molar-refractivity contribution is 5.32. The highest BCUT2D eigenvalue weighted by atomic mass is 16.6. The third kappa shape index (κ3) is 2.83. The largest absolute Gasteiger partial charge is 0.301 e. The van der Waals surface area contributed by atoms with Crippen LogP contribution in [0, 0.1) is 17.2 Å². The molecule has 0 spiro atoms. The Morgan fingerprint density at radius 1 is 1.46 bits per heavy atom. The van der Waals surface area contributed by atoms with Crippen LogP contribution in [0.5, 0.6) is 0 Å². The first-order chi connectivity index (χ1) is 6.09. The molecule has 0 aliphatic rings. The molecule has 4 heteroatoms. The van der Waals surface area contributed by atoms with E-state index in [1.54, 1.807) is 17.0 Å². The zero-order valence-electron chi connectivity index (χ0n) is 7.43. The SMILES string of the molecule is [CH2]N(C)Cc1ccc([N+](=O)[O-])cc1. The van der Waals surface area contributed by atoms with Gasteiger partial charge in [0.25, 0.3) is 5.69 Å². The van der Waals surface area contributed by atoms with Crippen LogP contribution in [0.2, 0.25) is 0 Å². The van der Waals surface area contributed by atoms with E-state index in [1.165, 1.54) is 12.1 Å². The molecule has 0 unspecified atom stereocenters. The molecule has 0 heterocycles. The van der Waals surface area contributed by atoms with E-state index in [1.807, 2.05) is 7.05 Å². The van der Waals surface area contributed by atoms with Gasteiger partial charge in [-0.1, -0.05) is 12.1 Å². The van der Waals surface area contributed by atoms with Gasteiger partial charge in [-0.25, -0.2) is 0 Å². The van der Waals surface area contributed by atoms with Crippen LogP contribution in [0.1, 0.15) is 5.56 Å². The van der Waals surface area contributed by atoms with Crippen LogP contribution in [-0.2, 0) is 6.54 Å². The van der Waals surface area contributed by atoms with Gasteiger partial charge >= 0.3 is 0 Å².